The van der Waals surface area contributed by atoms with Gasteiger partial charge in [0.1, 0.15) is 22.3 Å². The summed E-state index contributed by atoms with van der Waals surface area (Å²) in [4.78, 5) is 29.5. The van der Waals surface area contributed by atoms with Gasteiger partial charge in [-0.1, -0.05) is 6.07 Å². The van der Waals surface area contributed by atoms with Gasteiger partial charge in [0.2, 0.25) is 0 Å². The molecule has 0 bridgehead atoms. The average molecular weight is 326 g/mol. The van der Waals surface area contributed by atoms with Crippen molar-refractivity contribution in [2.24, 2.45) is 0 Å². The molecule has 7 nitrogen and oxygen atoms in total. The van der Waals surface area contributed by atoms with Gasteiger partial charge in [-0.15, -0.1) is 0 Å². The third kappa shape index (κ3) is 2.38. The van der Waals surface area contributed by atoms with Crippen LogP contribution < -0.4 is 11.0 Å². The van der Waals surface area contributed by atoms with Crippen molar-refractivity contribution in [3.05, 3.63) is 51.9 Å². The fourth-order valence-corrected chi connectivity index (χ4v) is 2.72. The second-order valence-electron chi connectivity index (χ2n) is 5.67. The number of fused-ring (bicyclic) bond motifs is 2. The van der Waals surface area contributed by atoms with E-state index in [1.807, 2.05) is 13.8 Å². The Labute approximate surface area is 137 Å². The number of carbonyl (C=O) groups is 1. The third-order valence-corrected chi connectivity index (χ3v) is 3.77. The number of esters is 1. The Bertz CT molecular complexity index is 1060. The molecule has 24 heavy (non-hydrogen) atoms. The molecule has 0 radical (unpaired) electrons. The highest BCUT2D eigenvalue weighted by Crippen LogP contribution is 2.14. The molecule has 0 saturated carbocycles. The van der Waals surface area contributed by atoms with Gasteiger partial charge in [-0.25, -0.2) is 9.78 Å². The molecule has 0 aliphatic rings. The van der Waals surface area contributed by atoms with Crippen molar-refractivity contribution >= 4 is 22.6 Å². The largest absolute Gasteiger partial charge is 0.462 e. The molecular weight excluding hydrogens is 308 g/mol. The molecule has 0 aliphatic carbocycles. The van der Waals surface area contributed by atoms with E-state index >= 15 is 0 Å². The van der Waals surface area contributed by atoms with Crippen molar-refractivity contribution in [2.75, 3.05) is 6.61 Å². The Morgan fingerprint density at radius 1 is 1.38 bits per heavy atom. The van der Waals surface area contributed by atoms with Crippen LogP contribution in [0, 0.1) is 5.41 Å². The second-order valence-corrected chi connectivity index (χ2v) is 5.67. The number of ether oxygens (including phenoxy) is 1. The number of rotatable bonds is 3. The first-order chi connectivity index (χ1) is 11.5. The molecular formula is C17H18N4O3. The zero-order valence-corrected chi connectivity index (χ0v) is 13.7. The van der Waals surface area contributed by atoms with Crippen molar-refractivity contribution in [3.63, 3.8) is 0 Å². The van der Waals surface area contributed by atoms with Crippen LogP contribution >= 0.6 is 0 Å². The minimum Gasteiger partial charge on any atom is -0.462 e. The fraction of sp³-hybridized carbons (Fsp3) is 0.294. The number of aromatic nitrogens is 3. The molecule has 7 heteroatoms. The Kier molecular flexibility index (Phi) is 3.92. The van der Waals surface area contributed by atoms with Gasteiger partial charge in [-0.05, 0) is 39.0 Å². The van der Waals surface area contributed by atoms with Crippen molar-refractivity contribution in [2.45, 2.75) is 26.8 Å². The lowest BCUT2D eigenvalue weighted by Crippen LogP contribution is -2.31. The van der Waals surface area contributed by atoms with Crippen LogP contribution in [0.2, 0.25) is 0 Å². The Balaban J connectivity index is 2.51. The highest BCUT2D eigenvalue weighted by atomic mass is 16.5. The summed E-state index contributed by atoms with van der Waals surface area (Å²) in [6.07, 6.45) is 1.63. The lowest BCUT2D eigenvalue weighted by Gasteiger charge is -2.16. The molecule has 0 fully saturated rings. The lowest BCUT2D eigenvalue weighted by molar-refractivity contribution is 0.0523. The molecule has 0 saturated heterocycles. The molecule has 0 aliphatic heterocycles. The quantitative estimate of drug-likeness (QED) is 0.588. The average Bonchev–Trinajstić information content (AvgIpc) is 2.54. The molecule has 0 unspecified atom stereocenters. The summed E-state index contributed by atoms with van der Waals surface area (Å²) in [5, 5.41) is 8.64. The van der Waals surface area contributed by atoms with Gasteiger partial charge in [0.25, 0.3) is 5.56 Å². The first-order valence-electron chi connectivity index (χ1n) is 7.74. The Hall–Kier alpha value is -2.96. The van der Waals surface area contributed by atoms with Gasteiger partial charge in [-0.3, -0.25) is 14.6 Å². The van der Waals surface area contributed by atoms with Crippen LogP contribution in [0.15, 0.2) is 35.3 Å². The van der Waals surface area contributed by atoms with Crippen LogP contribution in [0.1, 0.15) is 37.2 Å². The van der Waals surface area contributed by atoms with Crippen LogP contribution in [-0.4, -0.2) is 26.5 Å². The summed E-state index contributed by atoms with van der Waals surface area (Å²) in [5.74, 6) is -0.614. The zero-order valence-electron chi connectivity index (χ0n) is 13.7. The predicted molar refractivity (Wildman–Crippen MR) is 89.2 cm³/mol. The van der Waals surface area contributed by atoms with E-state index < -0.39 is 5.97 Å². The van der Waals surface area contributed by atoms with Gasteiger partial charge >= 0.3 is 5.97 Å². The van der Waals surface area contributed by atoms with E-state index in [0.29, 0.717) is 11.3 Å². The van der Waals surface area contributed by atoms with E-state index in [0.717, 1.165) is 0 Å². The molecule has 124 valence electrons. The van der Waals surface area contributed by atoms with E-state index in [2.05, 4.69) is 4.98 Å². The number of hydrogen-bond acceptors (Lipinski definition) is 5. The Morgan fingerprint density at radius 3 is 2.79 bits per heavy atom. The molecule has 0 spiro atoms. The van der Waals surface area contributed by atoms with Gasteiger partial charge in [0, 0.05) is 12.2 Å². The highest BCUT2D eigenvalue weighted by molar-refractivity contribution is 5.93. The number of pyridine rings is 2. The van der Waals surface area contributed by atoms with Gasteiger partial charge < -0.3 is 9.30 Å². The first-order valence-corrected chi connectivity index (χ1v) is 7.74. The smallest absolute Gasteiger partial charge is 0.341 e. The summed E-state index contributed by atoms with van der Waals surface area (Å²) in [6.45, 7) is 5.65. The molecule has 0 aromatic carbocycles. The van der Waals surface area contributed by atoms with E-state index in [1.54, 1.807) is 35.9 Å². The SMILES string of the molecule is CCOC(=O)c1cc2c(=O)n3ccccc3nc2n(C(C)C)c1=N. The zero-order chi connectivity index (χ0) is 17.4. The highest BCUT2D eigenvalue weighted by Gasteiger charge is 2.19. The standard InChI is InChI=1S/C17H18N4O3/c1-4-24-17(23)11-9-12-15(21(10(2)3)14(11)18)19-13-7-5-6-8-20(13)16(12)22/h5-10,18H,4H2,1-3H3. The first kappa shape index (κ1) is 15.9. The van der Waals surface area contributed by atoms with Gasteiger partial charge in [0.15, 0.2) is 0 Å². The minimum atomic E-state index is -0.614. The molecule has 3 rings (SSSR count). The monoisotopic (exact) mass is 326 g/mol. The third-order valence-electron chi connectivity index (χ3n) is 3.77. The molecule has 0 atom stereocenters. The number of hydrogen-bond donors (Lipinski definition) is 1. The van der Waals surface area contributed by atoms with Crippen LogP contribution in [-0.2, 0) is 4.74 Å². The molecule has 3 aromatic heterocycles. The van der Waals surface area contributed by atoms with Crippen LogP contribution in [0.5, 0.6) is 0 Å². The van der Waals surface area contributed by atoms with Crippen LogP contribution in [0.25, 0.3) is 16.7 Å². The summed E-state index contributed by atoms with van der Waals surface area (Å²) in [6, 6.07) is 6.52. The maximum Gasteiger partial charge on any atom is 0.341 e. The van der Waals surface area contributed by atoms with Crippen LogP contribution in [0.3, 0.4) is 0 Å². The van der Waals surface area contributed by atoms with Crippen molar-refractivity contribution in [1.82, 2.24) is 14.0 Å². The lowest BCUT2D eigenvalue weighted by atomic mass is 10.2. The van der Waals surface area contributed by atoms with Crippen molar-refractivity contribution in [1.29, 1.82) is 5.41 Å². The summed E-state index contributed by atoms with van der Waals surface area (Å²) in [7, 11) is 0. The molecule has 3 aromatic rings. The van der Waals surface area contributed by atoms with Crippen LogP contribution in [0.4, 0.5) is 0 Å². The minimum absolute atomic E-state index is 0.0110. The maximum absolute atomic E-state index is 12.8. The predicted octanol–water partition coefficient (Wildman–Crippen LogP) is 1.89. The Morgan fingerprint density at radius 2 is 2.12 bits per heavy atom. The van der Waals surface area contributed by atoms with E-state index in [1.165, 1.54) is 10.5 Å². The summed E-state index contributed by atoms with van der Waals surface area (Å²) >= 11 is 0. The summed E-state index contributed by atoms with van der Waals surface area (Å²) < 4.78 is 8.02. The fourth-order valence-electron chi connectivity index (χ4n) is 2.72. The van der Waals surface area contributed by atoms with E-state index in [-0.39, 0.29) is 34.6 Å². The topological polar surface area (TPSA) is 89.4 Å². The number of nitrogens with one attached hydrogen (secondary N) is 1. The molecule has 3 heterocycles. The number of carbonyl (C=O) groups excluding carboxylic acids is 1. The van der Waals surface area contributed by atoms with Gasteiger partial charge in [0.05, 0.1) is 12.0 Å². The van der Waals surface area contributed by atoms with Gasteiger partial charge in [-0.2, -0.15) is 0 Å². The van der Waals surface area contributed by atoms with Crippen molar-refractivity contribution in [3.8, 4) is 0 Å². The molecule has 1 N–H and O–H groups in total. The van der Waals surface area contributed by atoms with E-state index in [9.17, 15) is 9.59 Å². The molecule has 0 amide bonds. The normalized spacial score (nSPS) is 11.3. The number of nitrogens with zero attached hydrogens (tertiary/aromatic N) is 3. The second kappa shape index (κ2) is 5.92. The van der Waals surface area contributed by atoms with Crippen molar-refractivity contribution < 1.29 is 9.53 Å². The summed E-state index contributed by atoms with van der Waals surface area (Å²) in [5.41, 5.74) is 0.651. The maximum atomic E-state index is 12.8. The van der Waals surface area contributed by atoms with E-state index in [4.69, 9.17) is 10.1 Å².